The first kappa shape index (κ1) is 17.8. The van der Waals surface area contributed by atoms with Gasteiger partial charge >= 0.3 is 6.36 Å². The maximum Gasteiger partial charge on any atom is 0.573 e. The summed E-state index contributed by atoms with van der Waals surface area (Å²) >= 11 is 0. The number of benzene rings is 2. The highest BCUT2D eigenvalue weighted by molar-refractivity contribution is 5.80. The Bertz CT molecular complexity index is 957. The summed E-state index contributed by atoms with van der Waals surface area (Å²) in [4.78, 5) is 5.32. The van der Waals surface area contributed by atoms with Crippen molar-refractivity contribution in [2.75, 3.05) is 0 Å². The van der Waals surface area contributed by atoms with E-state index in [2.05, 4.69) is 30.5 Å². The zero-order chi connectivity index (χ0) is 19.6. The van der Waals surface area contributed by atoms with Crippen molar-refractivity contribution in [3.8, 4) is 22.9 Å². The molecule has 0 aliphatic carbocycles. The maximum atomic E-state index is 12.2. The fraction of sp³-hybridized carbons (Fsp3) is 0.176. The molecule has 4 rings (SSSR count). The van der Waals surface area contributed by atoms with E-state index in [9.17, 15) is 13.2 Å². The quantitative estimate of drug-likeness (QED) is 0.730. The fourth-order valence-electron chi connectivity index (χ4n) is 2.58. The molecule has 11 heteroatoms. The molecular formula is C17H12F3N5O3. The largest absolute Gasteiger partial charge is 0.573 e. The third-order valence-electron chi connectivity index (χ3n) is 3.84. The number of aromatic amines is 1. The first-order chi connectivity index (χ1) is 13.5. The zero-order valence-electron chi connectivity index (χ0n) is 14.1. The molecule has 0 saturated heterocycles. The average molecular weight is 391 g/mol. The third-order valence-corrected chi connectivity index (χ3v) is 3.84. The van der Waals surface area contributed by atoms with Gasteiger partial charge in [0, 0.05) is 5.56 Å². The monoisotopic (exact) mass is 391 g/mol. The first-order valence-electron chi connectivity index (χ1n) is 8.07. The van der Waals surface area contributed by atoms with Crippen molar-refractivity contribution in [2.24, 2.45) is 5.16 Å². The van der Waals surface area contributed by atoms with Crippen molar-refractivity contribution in [3.05, 3.63) is 54.1 Å². The highest BCUT2D eigenvalue weighted by Crippen LogP contribution is 2.31. The van der Waals surface area contributed by atoms with E-state index in [1.807, 2.05) is 0 Å². The minimum absolute atomic E-state index is 0.298. The molecule has 1 aromatic heterocycles. The summed E-state index contributed by atoms with van der Waals surface area (Å²) in [5, 5.41) is 17.4. The molecule has 0 spiro atoms. The molecule has 1 N–H and O–H groups in total. The number of halogens is 3. The molecule has 0 radical (unpaired) electrons. The van der Waals surface area contributed by atoms with Crippen molar-refractivity contribution in [3.63, 3.8) is 0 Å². The van der Waals surface area contributed by atoms with Crippen LogP contribution in [0.15, 0.2) is 53.7 Å². The molecule has 0 unspecified atom stereocenters. The van der Waals surface area contributed by atoms with E-state index in [4.69, 9.17) is 9.57 Å². The Labute approximate surface area is 155 Å². The second-order valence-electron chi connectivity index (χ2n) is 5.78. The van der Waals surface area contributed by atoms with Crippen LogP contribution in [-0.2, 0) is 4.84 Å². The van der Waals surface area contributed by atoms with E-state index < -0.39 is 12.5 Å². The van der Waals surface area contributed by atoms with Gasteiger partial charge in [0.25, 0.3) is 0 Å². The minimum atomic E-state index is -4.73. The van der Waals surface area contributed by atoms with E-state index in [0.29, 0.717) is 29.5 Å². The number of nitrogens with zero attached hydrogens (tertiary/aromatic N) is 4. The van der Waals surface area contributed by atoms with E-state index in [1.165, 1.54) is 24.3 Å². The van der Waals surface area contributed by atoms with Gasteiger partial charge in [-0.3, -0.25) is 0 Å². The number of nitrogens with one attached hydrogen (secondary N) is 1. The predicted octanol–water partition coefficient (Wildman–Crippen LogP) is 3.62. The molecule has 0 fully saturated rings. The number of ether oxygens (including phenoxy) is 2. The topological polar surface area (TPSA) is 94.5 Å². The van der Waals surface area contributed by atoms with Gasteiger partial charge in [0.05, 0.1) is 6.42 Å². The summed E-state index contributed by atoms with van der Waals surface area (Å²) < 4.78 is 46.2. The molecule has 0 bridgehead atoms. The van der Waals surface area contributed by atoms with Crippen LogP contribution in [0.4, 0.5) is 13.2 Å². The summed E-state index contributed by atoms with van der Waals surface area (Å²) in [6.45, 7) is 0. The van der Waals surface area contributed by atoms with E-state index in [0.717, 1.165) is 5.56 Å². The average Bonchev–Trinajstić information content (AvgIpc) is 3.34. The normalized spacial score (nSPS) is 16.4. The smallest absolute Gasteiger partial charge is 0.440 e. The van der Waals surface area contributed by atoms with Crippen LogP contribution in [0.25, 0.3) is 11.4 Å². The Balaban J connectivity index is 1.35. The van der Waals surface area contributed by atoms with Crippen molar-refractivity contribution in [1.82, 2.24) is 20.6 Å². The van der Waals surface area contributed by atoms with Crippen LogP contribution in [-0.4, -0.2) is 32.9 Å². The van der Waals surface area contributed by atoms with Crippen LogP contribution in [0.5, 0.6) is 11.5 Å². The Morgan fingerprint density at radius 3 is 2.36 bits per heavy atom. The number of oxime groups is 1. The molecule has 8 nitrogen and oxygen atoms in total. The van der Waals surface area contributed by atoms with Gasteiger partial charge in [-0.2, -0.15) is 0 Å². The van der Waals surface area contributed by atoms with Crippen molar-refractivity contribution in [2.45, 2.75) is 18.9 Å². The summed E-state index contributed by atoms with van der Waals surface area (Å²) in [6, 6.07) is 12.5. The zero-order valence-corrected chi connectivity index (χ0v) is 14.1. The molecule has 144 valence electrons. The van der Waals surface area contributed by atoms with Crippen LogP contribution in [0, 0.1) is 0 Å². The highest BCUT2D eigenvalue weighted by atomic mass is 19.4. The number of hydrogen-bond acceptors (Lipinski definition) is 7. The van der Waals surface area contributed by atoms with Crippen LogP contribution in [0.1, 0.15) is 18.1 Å². The number of hydrogen-bond donors (Lipinski definition) is 1. The Hall–Kier alpha value is -3.63. The predicted molar refractivity (Wildman–Crippen MR) is 89.2 cm³/mol. The Morgan fingerprint density at radius 2 is 1.71 bits per heavy atom. The van der Waals surface area contributed by atoms with Gasteiger partial charge < -0.3 is 14.3 Å². The van der Waals surface area contributed by atoms with E-state index in [1.54, 1.807) is 24.3 Å². The van der Waals surface area contributed by atoms with Crippen LogP contribution < -0.4 is 9.47 Å². The second-order valence-corrected chi connectivity index (χ2v) is 5.78. The van der Waals surface area contributed by atoms with Crippen molar-refractivity contribution < 1.29 is 27.5 Å². The molecule has 2 aromatic carbocycles. The van der Waals surface area contributed by atoms with Gasteiger partial charge in [-0.05, 0) is 52.4 Å². The number of rotatable bonds is 4. The van der Waals surface area contributed by atoms with Crippen LogP contribution in [0.3, 0.4) is 0 Å². The Morgan fingerprint density at radius 1 is 1.00 bits per heavy atom. The van der Waals surface area contributed by atoms with Crippen LogP contribution >= 0.6 is 0 Å². The van der Waals surface area contributed by atoms with Gasteiger partial charge in [-0.25, -0.2) is 5.10 Å². The van der Waals surface area contributed by atoms with E-state index >= 15 is 0 Å². The number of H-pyrrole nitrogens is 1. The van der Waals surface area contributed by atoms with Gasteiger partial charge in [0.1, 0.15) is 11.5 Å². The molecule has 0 amide bonds. The van der Waals surface area contributed by atoms with Crippen LogP contribution in [0.2, 0.25) is 0 Å². The Kier molecular flexibility index (Phi) is 4.55. The molecule has 2 heterocycles. The van der Waals surface area contributed by atoms with Gasteiger partial charge in [0.2, 0.25) is 5.90 Å². The summed E-state index contributed by atoms with van der Waals surface area (Å²) in [6.07, 6.45) is -4.84. The molecule has 0 saturated carbocycles. The van der Waals surface area contributed by atoms with Gasteiger partial charge in [-0.15, -0.1) is 18.3 Å². The summed E-state index contributed by atoms with van der Waals surface area (Å²) in [5.41, 5.74) is 1.45. The van der Waals surface area contributed by atoms with Gasteiger partial charge in [0.15, 0.2) is 11.9 Å². The van der Waals surface area contributed by atoms with E-state index in [-0.39, 0.29) is 5.75 Å². The second kappa shape index (κ2) is 7.18. The molecule has 1 atom stereocenters. The SMILES string of the molecule is FC(F)(F)Oc1ccc([C@H]2CC(Oc3ccc(-c4nnn[nH]4)cc3)=NO2)cc1. The first-order valence-corrected chi connectivity index (χ1v) is 8.07. The lowest BCUT2D eigenvalue weighted by Crippen LogP contribution is -2.17. The lowest BCUT2D eigenvalue weighted by atomic mass is 10.1. The standard InChI is InChI=1S/C17H12F3N5O3/c18-17(19,20)27-13-7-1-10(2-8-13)14-9-15(23-28-14)26-12-5-3-11(4-6-12)16-21-24-25-22-16/h1-8,14H,9H2,(H,21,22,24,25)/t14-/m1/s1. The molecule has 3 aromatic rings. The minimum Gasteiger partial charge on any atom is -0.440 e. The third kappa shape index (κ3) is 4.19. The lowest BCUT2D eigenvalue weighted by Gasteiger charge is -2.11. The summed E-state index contributed by atoms with van der Waals surface area (Å²) in [5.74, 6) is 1.14. The molecule has 28 heavy (non-hydrogen) atoms. The fourth-order valence-corrected chi connectivity index (χ4v) is 2.58. The molecular weight excluding hydrogens is 379 g/mol. The lowest BCUT2D eigenvalue weighted by molar-refractivity contribution is -0.274. The number of alkyl halides is 3. The van der Waals surface area contributed by atoms with Gasteiger partial charge in [-0.1, -0.05) is 17.3 Å². The molecule has 1 aliphatic heterocycles. The van der Waals surface area contributed by atoms with Crippen molar-refractivity contribution in [1.29, 1.82) is 0 Å². The number of tetrazole rings is 1. The van der Waals surface area contributed by atoms with Crippen molar-refractivity contribution >= 4 is 5.90 Å². The highest BCUT2D eigenvalue weighted by Gasteiger charge is 2.31. The summed E-state index contributed by atoms with van der Waals surface area (Å²) in [7, 11) is 0. The number of aromatic nitrogens is 4. The maximum absolute atomic E-state index is 12.2. The molecule has 1 aliphatic rings.